The van der Waals surface area contributed by atoms with Crippen molar-refractivity contribution in [2.75, 3.05) is 32.8 Å². The molecule has 2 aliphatic rings. The standard InChI is InChI=1S/C20H30N2O3.ClH/c1-2-13-24-18-5-7-19(8-6-18)25-15-20(23)22-11-9-17(10-12-22)21-14-16-3-4-16;/h5-8,16-17,21H,2-4,9-15H2,1H3;1H. The highest BCUT2D eigenvalue weighted by atomic mass is 35.5. The summed E-state index contributed by atoms with van der Waals surface area (Å²) >= 11 is 0. The third-order valence-corrected chi connectivity index (χ3v) is 4.90. The fourth-order valence-corrected chi connectivity index (χ4v) is 3.08. The van der Waals surface area contributed by atoms with E-state index >= 15 is 0 Å². The molecular weight excluding hydrogens is 352 g/mol. The predicted octanol–water partition coefficient (Wildman–Crippen LogP) is 3.27. The first-order valence-electron chi connectivity index (χ1n) is 9.61. The van der Waals surface area contributed by atoms with Crippen LogP contribution in [0.5, 0.6) is 11.5 Å². The van der Waals surface area contributed by atoms with E-state index in [1.54, 1.807) is 0 Å². The van der Waals surface area contributed by atoms with Gasteiger partial charge in [0, 0.05) is 19.1 Å². The number of likely N-dealkylation sites (tertiary alicyclic amines) is 1. The Balaban J connectivity index is 0.00000243. The van der Waals surface area contributed by atoms with Gasteiger partial charge in [-0.15, -0.1) is 12.4 Å². The van der Waals surface area contributed by atoms with Crippen molar-refractivity contribution in [3.8, 4) is 11.5 Å². The van der Waals surface area contributed by atoms with E-state index in [1.807, 2.05) is 29.2 Å². The molecule has 0 radical (unpaired) electrons. The van der Waals surface area contributed by atoms with Crippen molar-refractivity contribution in [2.45, 2.75) is 45.1 Å². The number of carbonyl (C=O) groups is 1. The van der Waals surface area contributed by atoms with E-state index in [2.05, 4.69) is 12.2 Å². The van der Waals surface area contributed by atoms with Crippen LogP contribution in [0.25, 0.3) is 0 Å². The van der Waals surface area contributed by atoms with Crippen molar-refractivity contribution in [3.05, 3.63) is 24.3 Å². The fraction of sp³-hybridized carbons (Fsp3) is 0.650. The van der Waals surface area contributed by atoms with Crippen molar-refractivity contribution in [1.82, 2.24) is 10.2 Å². The molecule has 1 saturated heterocycles. The molecule has 1 N–H and O–H groups in total. The van der Waals surface area contributed by atoms with Crippen LogP contribution < -0.4 is 14.8 Å². The van der Waals surface area contributed by atoms with Gasteiger partial charge in [-0.2, -0.15) is 0 Å². The normalized spacial score (nSPS) is 17.5. The lowest BCUT2D eigenvalue weighted by atomic mass is 10.0. The molecule has 1 heterocycles. The molecule has 0 atom stereocenters. The number of nitrogens with one attached hydrogen (secondary N) is 1. The summed E-state index contributed by atoms with van der Waals surface area (Å²) in [6.45, 7) is 5.71. The van der Waals surface area contributed by atoms with E-state index in [4.69, 9.17) is 9.47 Å². The zero-order valence-electron chi connectivity index (χ0n) is 15.6. The number of benzene rings is 1. The topological polar surface area (TPSA) is 50.8 Å². The minimum atomic E-state index is 0. The van der Waals surface area contributed by atoms with Crippen LogP contribution >= 0.6 is 12.4 Å². The molecule has 1 amide bonds. The quantitative estimate of drug-likeness (QED) is 0.712. The molecule has 0 aromatic heterocycles. The van der Waals surface area contributed by atoms with Gasteiger partial charge in [-0.05, 0) is 68.8 Å². The smallest absolute Gasteiger partial charge is 0.260 e. The lowest BCUT2D eigenvalue weighted by Crippen LogP contribution is -2.46. The number of rotatable bonds is 9. The molecule has 3 rings (SSSR count). The third kappa shape index (κ3) is 6.69. The van der Waals surface area contributed by atoms with Crippen molar-refractivity contribution in [1.29, 1.82) is 0 Å². The maximum absolute atomic E-state index is 12.3. The SMILES string of the molecule is CCCOc1ccc(OCC(=O)N2CCC(NCC3CC3)CC2)cc1.Cl. The maximum atomic E-state index is 12.3. The molecule has 1 aliphatic carbocycles. The van der Waals surface area contributed by atoms with Gasteiger partial charge in [0.05, 0.1) is 6.61 Å². The number of carbonyl (C=O) groups excluding carboxylic acids is 1. The zero-order chi connectivity index (χ0) is 17.5. The Labute approximate surface area is 162 Å². The van der Waals surface area contributed by atoms with Gasteiger partial charge in [-0.1, -0.05) is 6.92 Å². The maximum Gasteiger partial charge on any atom is 0.260 e. The van der Waals surface area contributed by atoms with Crippen molar-refractivity contribution in [2.24, 2.45) is 5.92 Å². The highest BCUT2D eigenvalue weighted by Gasteiger charge is 2.26. The van der Waals surface area contributed by atoms with E-state index in [1.165, 1.54) is 12.8 Å². The number of nitrogens with zero attached hydrogens (tertiary/aromatic N) is 1. The Morgan fingerprint density at radius 3 is 2.27 bits per heavy atom. The van der Waals surface area contributed by atoms with Gasteiger partial charge in [-0.3, -0.25) is 4.79 Å². The van der Waals surface area contributed by atoms with Gasteiger partial charge in [0.2, 0.25) is 0 Å². The van der Waals surface area contributed by atoms with Crippen LogP contribution in [0.2, 0.25) is 0 Å². The highest BCUT2D eigenvalue weighted by Crippen LogP contribution is 2.28. The Bertz CT molecular complexity index is 540. The van der Waals surface area contributed by atoms with E-state index < -0.39 is 0 Å². The average molecular weight is 383 g/mol. The van der Waals surface area contributed by atoms with Gasteiger partial charge in [0.15, 0.2) is 6.61 Å². The second-order valence-corrected chi connectivity index (χ2v) is 7.12. The molecular formula is C20H31ClN2O3. The number of halogens is 1. The molecule has 1 aliphatic heterocycles. The molecule has 0 bridgehead atoms. The number of amides is 1. The third-order valence-electron chi connectivity index (χ3n) is 4.90. The highest BCUT2D eigenvalue weighted by molar-refractivity contribution is 5.85. The first-order chi connectivity index (χ1) is 12.2. The van der Waals surface area contributed by atoms with E-state index in [-0.39, 0.29) is 24.9 Å². The van der Waals surface area contributed by atoms with Crippen LogP contribution in [0, 0.1) is 5.92 Å². The summed E-state index contributed by atoms with van der Waals surface area (Å²) in [5.41, 5.74) is 0. The van der Waals surface area contributed by atoms with Crippen LogP contribution in [-0.4, -0.2) is 49.7 Å². The second kappa shape index (κ2) is 10.6. The van der Waals surface area contributed by atoms with Gasteiger partial charge in [-0.25, -0.2) is 0 Å². The van der Waals surface area contributed by atoms with Crippen LogP contribution in [-0.2, 0) is 4.79 Å². The molecule has 5 nitrogen and oxygen atoms in total. The summed E-state index contributed by atoms with van der Waals surface area (Å²) in [7, 11) is 0. The van der Waals surface area contributed by atoms with Crippen LogP contribution in [0.15, 0.2) is 24.3 Å². The Hall–Kier alpha value is -1.46. The molecule has 146 valence electrons. The molecule has 6 heteroatoms. The van der Waals surface area contributed by atoms with Crippen LogP contribution in [0.1, 0.15) is 39.0 Å². The Kier molecular flexibility index (Phi) is 8.52. The summed E-state index contributed by atoms with van der Waals surface area (Å²) in [4.78, 5) is 14.2. The monoisotopic (exact) mass is 382 g/mol. The van der Waals surface area contributed by atoms with E-state index in [0.717, 1.165) is 50.6 Å². The summed E-state index contributed by atoms with van der Waals surface area (Å²) in [6, 6.07) is 8.04. The van der Waals surface area contributed by atoms with Crippen LogP contribution in [0.3, 0.4) is 0 Å². The minimum Gasteiger partial charge on any atom is -0.494 e. The Morgan fingerprint density at radius 2 is 1.69 bits per heavy atom. The van der Waals surface area contributed by atoms with E-state index in [9.17, 15) is 4.79 Å². The van der Waals surface area contributed by atoms with Gasteiger partial charge < -0.3 is 19.7 Å². The predicted molar refractivity (Wildman–Crippen MR) is 105 cm³/mol. The van der Waals surface area contributed by atoms with Gasteiger partial charge in [0.1, 0.15) is 11.5 Å². The Morgan fingerprint density at radius 1 is 1.08 bits per heavy atom. The largest absolute Gasteiger partial charge is 0.494 e. The number of piperidine rings is 1. The zero-order valence-corrected chi connectivity index (χ0v) is 16.4. The van der Waals surface area contributed by atoms with Gasteiger partial charge >= 0.3 is 0 Å². The second-order valence-electron chi connectivity index (χ2n) is 7.12. The van der Waals surface area contributed by atoms with Crippen molar-refractivity contribution in [3.63, 3.8) is 0 Å². The summed E-state index contributed by atoms with van der Waals surface area (Å²) < 4.78 is 11.2. The molecule has 1 aromatic carbocycles. The first kappa shape index (κ1) is 20.8. The number of hydrogen-bond donors (Lipinski definition) is 1. The summed E-state index contributed by atoms with van der Waals surface area (Å²) in [5.74, 6) is 2.53. The molecule has 0 spiro atoms. The summed E-state index contributed by atoms with van der Waals surface area (Å²) in [5, 5.41) is 3.64. The minimum absolute atomic E-state index is 0. The molecule has 26 heavy (non-hydrogen) atoms. The lowest BCUT2D eigenvalue weighted by Gasteiger charge is -2.32. The fourth-order valence-electron chi connectivity index (χ4n) is 3.08. The average Bonchev–Trinajstić information content (AvgIpc) is 3.48. The van der Waals surface area contributed by atoms with Crippen molar-refractivity contribution >= 4 is 18.3 Å². The van der Waals surface area contributed by atoms with E-state index in [0.29, 0.717) is 18.4 Å². The van der Waals surface area contributed by atoms with Gasteiger partial charge in [0.25, 0.3) is 5.91 Å². The molecule has 1 saturated carbocycles. The molecule has 1 aromatic rings. The number of ether oxygens (including phenoxy) is 2. The number of hydrogen-bond acceptors (Lipinski definition) is 4. The molecule has 0 unspecified atom stereocenters. The summed E-state index contributed by atoms with van der Waals surface area (Å²) in [6.07, 6.45) is 5.84. The first-order valence-corrected chi connectivity index (χ1v) is 9.61. The lowest BCUT2D eigenvalue weighted by molar-refractivity contribution is -0.134. The van der Waals surface area contributed by atoms with Crippen LogP contribution in [0.4, 0.5) is 0 Å². The van der Waals surface area contributed by atoms with Crippen molar-refractivity contribution < 1.29 is 14.3 Å². The molecule has 2 fully saturated rings.